The Morgan fingerprint density at radius 1 is 0.935 bits per heavy atom. The summed E-state index contributed by atoms with van der Waals surface area (Å²) in [6.07, 6.45) is 2.77. The van der Waals surface area contributed by atoms with E-state index in [-0.39, 0.29) is 17.7 Å². The van der Waals surface area contributed by atoms with Crippen molar-refractivity contribution in [1.29, 1.82) is 0 Å². The third kappa shape index (κ3) is 5.21. The van der Waals surface area contributed by atoms with Crippen LogP contribution in [0.25, 0.3) is 11.1 Å². The topological polar surface area (TPSA) is 49.4 Å². The lowest BCUT2D eigenvalue weighted by molar-refractivity contribution is -0.126. The Hall–Kier alpha value is -3.40. The Kier molecular flexibility index (Phi) is 6.46. The molecule has 1 saturated heterocycles. The van der Waals surface area contributed by atoms with Gasteiger partial charge < -0.3 is 10.2 Å². The van der Waals surface area contributed by atoms with Gasteiger partial charge in [0.15, 0.2) is 0 Å². The smallest absolute Gasteiger partial charge is 0.253 e. The van der Waals surface area contributed by atoms with E-state index >= 15 is 0 Å². The highest BCUT2D eigenvalue weighted by Gasteiger charge is 2.22. The second-order valence-electron chi connectivity index (χ2n) is 8.26. The summed E-state index contributed by atoms with van der Waals surface area (Å²) in [5.41, 5.74) is 5.04. The molecule has 0 unspecified atom stereocenters. The van der Waals surface area contributed by atoms with Gasteiger partial charge in [0.25, 0.3) is 5.91 Å². The van der Waals surface area contributed by atoms with Gasteiger partial charge in [0.1, 0.15) is 0 Å². The summed E-state index contributed by atoms with van der Waals surface area (Å²) in [5.74, 6) is 0.243. The maximum Gasteiger partial charge on any atom is 0.253 e. The summed E-state index contributed by atoms with van der Waals surface area (Å²) in [6, 6.07) is 26.1. The van der Waals surface area contributed by atoms with Crippen LogP contribution in [0.1, 0.15) is 34.3 Å². The first-order chi connectivity index (χ1) is 15.1. The van der Waals surface area contributed by atoms with Crippen LogP contribution in [-0.2, 0) is 17.8 Å². The van der Waals surface area contributed by atoms with Gasteiger partial charge in [-0.15, -0.1) is 0 Å². The van der Waals surface area contributed by atoms with Gasteiger partial charge >= 0.3 is 0 Å². The molecular formula is C27H28N2O2. The Morgan fingerprint density at radius 2 is 1.71 bits per heavy atom. The molecule has 4 nitrogen and oxygen atoms in total. The first-order valence-electron chi connectivity index (χ1n) is 10.9. The molecule has 1 fully saturated rings. The lowest BCUT2D eigenvalue weighted by Crippen LogP contribution is -2.37. The molecule has 3 aromatic rings. The van der Waals surface area contributed by atoms with E-state index in [9.17, 15) is 9.59 Å². The summed E-state index contributed by atoms with van der Waals surface area (Å²) >= 11 is 0. The van der Waals surface area contributed by atoms with E-state index in [0.717, 1.165) is 42.5 Å². The number of amides is 2. The zero-order valence-corrected chi connectivity index (χ0v) is 17.9. The monoisotopic (exact) mass is 412 g/mol. The number of piperidine rings is 1. The number of carbonyl (C=O) groups is 2. The fraction of sp³-hybridized carbons (Fsp3) is 0.259. The van der Waals surface area contributed by atoms with Crippen molar-refractivity contribution in [3.8, 4) is 11.1 Å². The van der Waals surface area contributed by atoms with Crippen LogP contribution in [0.3, 0.4) is 0 Å². The normalized spacial score (nSPS) is 15.9. The van der Waals surface area contributed by atoms with Gasteiger partial charge in [-0.05, 0) is 53.6 Å². The molecule has 4 rings (SSSR count). The molecule has 1 heterocycles. The lowest BCUT2D eigenvalue weighted by atomic mass is 9.91. The van der Waals surface area contributed by atoms with E-state index < -0.39 is 0 Å². The van der Waals surface area contributed by atoms with Gasteiger partial charge in [-0.25, -0.2) is 0 Å². The minimum atomic E-state index is 0.00522. The number of nitrogens with zero attached hydrogens (tertiary/aromatic N) is 1. The van der Waals surface area contributed by atoms with Crippen molar-refractivity contribution < 1.29 is 9.59 Å². The van der Waals surface area contributed by atoms with Crippen LogP contribution in [0.15, 0.2) is 78.9 Å². The average molecular weight is 413 g/mol. The van der Waals surface area contributed by atoms with E-state index in [0.29, 0.717) is 12.1 Å². The molecule has 1 aliphatic heterocycles. The molecular weight excluding hydrogens is 384 g/mol. The van der Waals surface area contributed by atoms with Crippen LogP contribution >= 0.6 is 0 Å². The molecule has 0 saturated carbocycles. The van der Waals surface area contributed by atoms with Crippen LogP contribution in [-0.4, -0.2) is 30.3 Å². The summed E-state index contributed by atoms with van der Waals surface area (Å²) in [6.45, 7) is 1.37. The third-order valence-electron chi connectivity index (χ3n) is 5.89. The molecule has 158 valence electrons. The van der Waals surface area contributed by atoms with E-state index in [2.05, 4.69) is 29.6 Å². The second kappa shape index (κ2) is 9.61. The molecule has 4 heteroatoms. The van der Waals surface area contributed by atoms with Gasteiger partial charge in [-0.1, -0.05) is 66.7 Å². The first kappa shape index (κ1) is 20.9. The molecule has 0 bridgehead atoms. The molecule has 2 amide bonds. The summed E-state index contributed by atoms with van der Waals surface area (Å²) in [7, 11) is 1.83. The quantitative estimate of drug-likeness (QED) is 0.638. The summed E-state index contributed by atoms with van der Waals surface area (Å²) in [4.78, 5) is 26.7. The fourth-order valence-electron chi connectivity index (χ4n) is 4.13. The maximum atomic E-state index is 12.9. The molecule has 0 radical (unpaired) electrons. The largest absolute Gasteiger partial charge is 0.356 e. The Labute approximate surface area is 183 Å². The zero-order chi connectivity index (χ0) is 21.6. The van der Waals surface area contributed by atoms with Gasteiger partial charge in [-0.3, -0.25) is 9.59 Å². The molecule has 0 aliphatic carbocycles. The molecule has 0 spiro atoms. The number of carbonyl (C=O) groups excluding carboxylic acids is 2. The molecule has 1 N–H and O–H groups in total. The van der Waals surface area contributed by atoms with Crippen molar-refractivity contribution in [2.24, 2.45) is 5.92 Å². The van der Waals surface area contributed by atoms with Crippen LogP contribution in [0.4, 0.5) is 0 Å². The van der Waals surface area contributed by atoms with E-state index in [4.69, 9.17) is 0 Å². The van der Waals surface area contributed by atoms with Crippen LogP contribution in [0, 0.1) is 5.92 Å². The summed E-state index contributed by atoms with van der Waals surface area (Å²) in [5, 5.41) is 2.96. The molecule has 3 aromatic carbocycles. The summed E-state index contributed by atoms with van der Waals surface area (Å²) < 4.78 is 0. The third-order valence-corrected chi connectivity index (χ3v) is 5.89. The minimum absolute atomic E-state index is 0.00522. The standard InChI is InChI=1S/C27H28N2O2/c1-29(19-21-7-3-2-4-8-21)27(31)25-10-5-9-23(18-25)22-14-12-20(13-15-22)17-24-11-6-16-28-26(24)30/h2-5,7-10,12-15,18,24H,6,11,16-17,19H2,1H3,(H,28,30)/t24-/m0/s1. The number of benzene rings is 3. The predicted molar refractivity (Wildman–Crippen MR) is 124 cm³/mol. The van der Waals surface area contributed by atoms with Crippen LogP contribution in [0.2, 0.25) is 0 Å². The number of rotatable bonds is 6. The van der Waals surface area contributed by atoms with Crippen molar-refractivity contribution in [2.45, 2.75) is 25.8 Å². The van der Waals surface area contributed by atoms with Crippen molar-refractivity contribution in [1.82, 2.24) is 10.2 Å². The molecule has 1 atom stereocenters. The predicted octanol–water partition coefficient (Wildman–Crippen LogP) is 4.69. The van der Waals surface area contributed by atoms with E-state index in [1.54, 1.807) is 4.90 Å². The molecule has 1 aliphatic rings. The Morgan fingerprint density at radius 3 is 2.45 bits per heavy atom. The van der Waals surface area contributed by atoms with Gasteiger partial charge in [-0.2, -0.15) is 0 Å². The van der Waals surface area contributed by atoms with Gasteiger partial charge in [0.05, 0.1) is 0 Å². The fourth-order valence-corrected chi connectivity index (χ4v) is 4.13. The highest BCUT2D eigenvalue weighted by Crippen LogP contribution is 2.24. The molecule has 0 aromatic heterocycles. The van der Waals surface area contributed by atoms with Crippen molar-refractivity contribution in [3.63, 3.8) is 0 Å². The van der Waals surface area contributed by atoms with Crippen molar-refractivity contribution >= 4 is 11.8 Å². The highest BCUT2D eigenvalue weighted by atomic mass is 16.2. The van der Waals surface area contributed by atoms with E-state index in [1.807, 2.05) is 61.6 Å². The van der Waals surface area contributed by atoms with Crippen molar-refractivity contribution in [3.05, 3.63) is 95.6 Å². The SMILES string of the molecule is CN(Cc1ccccc1)C(=O)c1cccc(-c2ccc(C[C@@H]3CCCNC3=O)cc2)c1. The first-order valence-corrected chi connectivity index (χ1v) is 10.9. The Bertz CT molecular complexity index is 1040. The zero-order valence-electron chi connectivity index (χ0n) is 17.9. The average Bonchev–Trinajstić information content (AvgIpc) is 2.81. The van der Waals surface area contributed by atoms with Gasteiger partial charge in [0, 0.05) is 31.6 Å². The number of nitrogens with one attached hydrogen (secondary N) is 1. The van der Waals surface area contributed by atoms with Crippen LogP contribution in [0.5, 0.6) is 0 Å². The highest BCUT2D eigenvalue weighted by molar-refractivity contribution is 5.95. The van der Waals surface area contributed by atoms with Crippen LogP contribution < -0.4 is 5.32 Å². The second-order valence-corrected chi connectivity index (χ2v) is 8.26. The maximum absolute atomic E-state index is 12.9. The van der Waals surface area contributed by atoms with Crippen molar-refractivity contribution in [2.75, 3.05) is 13.6 Å². The lowest BCUT2D eigenvalue weighted by Gasteiger charge is -2.21. The van der Waals surface area contributed by atoms with E-state index in [1.165, 1.54) is 5.56 Å². The minimum Gasteiger partial charge on any atom is -0.356 e. The number of hydrogen-bond acceptors (Lipinski definition) is 2. The molecule has 31 heavy (non-hydrogen) atoms. The number of hydrogen-bond donors (Lipinski definition) is 1. The Balaban J connectivity index is 1.45. The van der Waals surface area contributed by atoms with Gasteiger partial charge in [0.2, 0.25) is 5.91 Å².